The second-order valence-electron chi connectivity index (χ2n) is 4.33. The fourth-order valence-corrected chi connectivity index (χ4v) is 3.90. The lowest BCUT2D eigenvalue weighted by Gasteiger charge is -2.13. The number of rotatable bonds is 3. The maximum absolute atomic E-state index is 13.2. The lowest BCUT2D eigenvalue weighted by Crippen LogP contribution is -2.00. The van der Waals surface area contributed by atoms with E-state index in [-0.39, 0.29) is 5.56 Å². The van der Waals surface area contributed by atoms with E-state index in [0.29, 0.717) is 10.7 Å². The van der Waals surface area contributed by atoms with E-state index in [9.17, 15) is 14.0 Å². The molecule has 0 aliphatic carbocycles. The lowest BCUT2D eigenvalue weighted by atomic mass is 10.3. The quantitative estimate of drug-likeness (QED) is 0.868. The normalized spacial score (nSPS) is 14.9. The molecule has 1 aliphatic rings. The van der Waals surface area contributed by atoms with Gasteiger partial charge in [0, 0.05) is 0 Å². The molecule has 1 aliphatic heterocycles. The molecular weight excluding hydrogens is 292 g/mol. The summed E-state index contributed by atoms with van der Waals surface area (Å²) in [7, 11) is -0.932. The number of alkyl halides is 2. The molecule has 0 N–H and O–H groups in total. The number of halogens is 2. The minimum atomic E-state index is -2.77. The molecule has 1 aromatic heterocycles. The van der Waals surface area contributed by atoms with Crippen molar-refractivity contribution in [3.8, 4) is 11.8 Å². The van der Waals surface area contributed by atoms with Gasteiger partial charge < -0.3 is 0 Å². The van der Waals surface area contributed by atoms with Gasteiger partial charge in [0.05, 0.1) is 5.69 Å². The zero-order chi connectivity index (χ0) is 14.8. The van der Waals surface area contributed by atoms with Crippen molar-refractivity contribution in [1.29, 1.82) is 5.26 Å². The molecule has 21 heavy (non-hydrogen) atoms. The Morgan fingerprint density at radius 3 is 2.38 bits per heavy atom. The predicted molar refractivity (Wildman–Crippen MR) is 78.8 cm³/mol. The summed E-state index contributed by atoms with van der Waals surface area (Å²) < 4.78 is 27.8. The van der Waals surface area contributed by atoms with Gasteiger partial charge >= 0.3 is 0 Å². The van der Waals surface area contributed by atoms with E-state index in [1.807, 2.05) is 47.2 Å². The molecule has 0 unspecified atom stereocenters. The van der Waals surface area contributed by atoms with Crippen LogP contribution in [0.25, 0.3) is 5.69 Å². The Balaban J connectivity index is 2.26. The van der Waals surface area contributed by atoms with Gasteiger partial charge in [0.1, 0.15) is 22.4 Å². The third-order valence-electron chi connectivity index (χ3n) is 3.06. The van der Waals surface area contributed by atoms with E-state index in [0.717, 1.165) is 0 Å². The summed E-state index contributed by atoms with van der Waals surface area (Å²) in [6.07, 6.45) is 0.947. The fourth-order valence-electron chi connectivity index (χ4n) is 2.15. The highest BCUT2D eigenvalue weighted by molar-refractivity contribution is 8.22. The molecule has 0 fully saturated rings. The van der Waals surface area contributed by atoms with Gasteiger partial charge in [-0.2, -0.15) is 21.3 Å². The van der Waals surface area contributed by atoms with Gasteiger partial charge in [-0.1, -0.05) is 30.4 Å². The molecule has 0 spiro atoms. The van der Waals surface area contributed by atoms with Crippen LogP contribution in [-0.4, -0.2) is 9.78 Å². The first-order valence-corrected chi connectivity index (χ1v) is 7.70. The number of allylic oxidation sites excluding steroid dienone is 2. The van der Waals surface area contributed by atoms with Crippen molar-refractivity contribution in [2.24, 2.45) is 0 Å². The van der Waals surface area contributed by atoms with Crippen LogP contribution in [0.2, 0.25) is 0 Å². The van der Waals surface area contributed by atoms with E-state index >= 15 is 0 Å². The molecule has 3 rings (SSSR count). The average Bonchev–Trinajstić information content (AvgIpc) is 3.14. The van der Waals surface area contributed by atoms with Crippen molar-refractivity contribution in [2.75, 3.05) is 0 Å². The van der Waals surface area contributed by atoms with Gasteiger partial charge in [-0.05, 0) is 22.9 Å². The Kier molecular flexibility index (Phi) is 3.59. The third-order valence-corrected chi connectivity index (χ3v) is 4.95. The molecule has 106 valence electrons. The van der Waals surface area contributed by atoms with Crippen LogP contribution >= 0.6 is 10.9 Å². The van der Waals surface area contributed by atoms with Crippen LogP contribution in [0.1, 0.15) is 17.7 Å². The monoisotopic (exact) mass is 303 g/mol. The van der Waals surface area contributed by atoms with E-state index in [2.05, 4.69) is 5.10 Å². The Labute approximate surface area is 123 Å². The van der Waals surface area contributed by atoms with Crippen LogP contribution in [0.5, 0.6) is 0 Å². The van der Waals surface area contributed by atoms with Crippen molar-refractivity contribution >= 4 is 10.9 Å². The Bertz CT molecular complexity index is 745. The molecule has 0 bridgehead atoms. The number of benzene rings is 1. The van der Waals surface area contributed by atoms with Crippen molar-refractivity contribution in [1.82, 2.24) is 9.78 Å². The highest BCUT2D eigenvalue weighted by Gasteiger charge is 2.27. The summed E-state index contributed by atoms with van der Waals surface area (Å²) >= 11 is 0. The number of hydrogen-bond acceptors (Lipinski definition) is 2. The molecule has 1 aromatic carbocycles. The Morgan fingerprint density at radius 1 is 1.14 bits per heavy atom. The number of hydrogen-bond donors (Lipinski definition) is 1. The molecule has 0 radical (unpaired) electrons. The largest absolute Gasteiger partial charge is 0.283 e. The lowest BCUT2D eigenvalue weighted by molar-refractivity contribution is 0.145. The first kappa shape index (κ1) is 13.6. The highest BCUT2D eigenvalue weighted by Crippen LogP contribution is 2.46. The van der Waals surface area contributed by atoms with Gasteiger partial charge in [0.2, 0.25) is 0 Å². The maximum atomic E-state index is 13.2. The molecule has 2 heterocycles. The smallest absolute Gasteiger partial charge is 0.227 e. The SMILES string of the molecule is N#Cc1c(C(F)F)nn(-c2ccccc2)c1[SH]1C=CC=C1. The predicted octanol–water partition coefficient (Wildman–Crippen LogP) is 4.08. The minimum absolute atomic E-state index is 0.0174. The molecule has 0 saturated carbocycles. The highest BCUT2D eigenvalue weighted by atomic mass is 32.2. The zero-order valence-electron chi connectivity index (χ0n) is 10.8. The van der Waals surface area contributed by atoms with Gasteiger partial charge in [0.25, 0.3) is 6.43 Å². The maximum Gasteiger partial charge on any atom is 0.283 e. The summed E-state index contributed by atoms with van der Waals surface area (Å²) in [6, 6.07) is 10.9. The van der Waals surface area contributed by atoms with Crippen molar-refractivity contribution in [3.05, 3.63) is 64.6 Å². The standard InChI is InChI=1S/C15H11F2N3S/c16-14(17)13-12(10-18)15(21-8-4-5-9-21)20(19-13)11-6-2-1-3-7-11/h1-9,14,21H. The number of nitriles is 1. The molecule has 0 atom stereocenters. The number of nitrogens with zero attached hydrogens (tertiary/aromatic N) is 3. The van der Waals surface area contributed by atoms with Crippen LogP contribution in [0, 0.1) is 11.3 Å². The Hall–Kier alpha value is -2.39. The van der Waals surface area contributed by atoms with Gasteiger partial charge in [-0.15, -0.1) is 0 Å². The van der Waals surface area contributed by atoms with Crippen molar-refractivity contribution in [2.45, 2.75) is 11.5 Å². The number of aromatic nitrogens is 2. The van der Waals surface area contributed by atoms with Crippen LogP contribution in [0.15, 0.2) is 58.3 Å². The minimum Gasteiger partial charge on any atom is -0.227 e. The number of thiol groups is 1. The van der Waals surface area contributed by atoms with E-state index in [4.69, 9.17) is 0 Å². The van der Waals surface area contributed by atoms with Crippen LogP contribution in [-0.2, 0) is 0 Å². The molecule has 0 saturated heterocycles. The summed E-state index contributed by atoms with van der Waals surface area (Å²) in [5, 5.41) is 17.7. The number of para-hydroxylation sites is 1. The second-order valence-corrected chi connectivity index (χ2v) is 6.17. The van der Waals surface area contributed by atoms with Crippen molar-refractivity contribution < 1.29 is 8.78 Å². The summed E-state index contributed by atoms with van der Waals surface area (Å²) in [5.74, 6) is 0. The molecule has 3 nitrogen and oxygen atoms in total. The van der Waals surface area contributed by atoms with Crippen molar-refractivity contribution in [3.63, 3.8) is 0 Å². The molecular formula is C15H11F2N3S. The van der Waals surface area contributed by atoms with Gasteiger partial charge in [-0.25, -0.2) is 13.5 Å². The van der Waals surface area contributed by atoms with E-state index in [1.54, 1.807) is 12.1 Å². The second kappa shape index (κ2) is 5.54. The summed E-state index contributed by atoms with van der Waals surface area (Å²) in [6.45, 7) is 0. The van der Waals surface area contributed by atoms with Gasteiger partial charge in [-0.3, -0.25) is 0 Å². The molecule has 0 amide bonds. The first-order chi connectivity index (χ1) is 10.2. The summed E-state index contributed by atoms with van der Waals surface area (Å²) in [5.41, 5.74) is 0.204. The molecule has 6 heteroatoms. The third kappa shape index (κ3) is 2.36. The van der Waals surface area contributed by atoms with Crippen LogP contribution < -0.4 is 0 Å². The summed E-state index contributed by atoms with van der Waals surface area (Å²) in [4.78, 5) is 0. The first-order valence-electron chi connectivity index (χ1n) is 6.22. The average molecular weight is 303 g/mol. The van der Waals surface area contributed by atoms with Gasteiger partial charge in [0.15, 0.2) is 0 Å². The zero-order valence-corrected chi connectivity index (χ0v) is 11.7. The molecule has 2 aromatic rings. The van der Waals surface area contributed by atoms with Crippen LogP contribution in [0.3, 0.4) is 0 Å². The van der Waals surface area contributed by atoms with E-state index < -0.39 is 23.0 Å². The fraction of sp³-hybridized carbons (Fsp3) is 0.0667. The van der Waals surface area contributed by atoms with E-state index in [1.165, 1.54) is 4.68 Å². The topological polar surface area (TPSA) is 41.6 Å². The van der Waals surface area contributed by atoms with Crippen LogP contribution in [0.4, 0.5) is 8.78 Å². The Morgan fingerprint density at radius 2 is 1.81 bits per heavy atom.